The molecule has 0 atom stereocenters. The van der Waals surface area contributed by atoms with Crippen molar-refractivity contribution in [3.63, 3.8) is 0 Å². The summed E-state index contributed by atoms with van der Waals surface area (Å²) < 4.78 is 4.52. The topological polar surface area (TPSA) is 102 Å². The summed E-state index contributed by atoms with van der Waals surface area (Å²) in [5.41, 5.74) is 7.34. The van der Waals surface area contributed by atoms with E-state index in [9.17, 15) is 4.79 Å². The molecule has 88 valence electrons. The van der Waals surface area contributed by atoms with Crippen molar-refractivity contribution in [1.29, 1.82) is 0 Å². The Kier molecular flexibility index (Phi) is 2.78. The number of carboxylic acids is 1. The van der Waals surface area contributed by atoms with Gasteiger partial charge >= 0.3 is 5.97 Å². The van der Waals surface area contributed by atoms with Gasteiger partial charge in [0.05, 0.1) is 5.56 Å². The average Bonchev–Trinajstić information content (AvgIpc) is 2.74. The smallest absolute Gasteiger partial charge is 0.336 e. The summed E-state index contributed by atoms with van der Waals surface area (Å²) >= 11 is 0. The molecule has 0 spiro atoms. The minimum atomic E-state index is -1.03. The zero-order valence-corrected chi connectivity index (χ0v) is 9.17. The fourth-order valence-electron chi connectivity index (χ4n) is 1.72. The third kappa shape index (κ3) is 1.84. The van der Waals surface area contributed by atoms with Gasteiger partial charge in [-0.05, 0) is 28.4 Å². The van der Waals surface area contributed by atoms with Gasteiger partial charge in [0, 0.05) is 5.56 Å². The highest BCUT2D eigenvalue weighted by atomic mass is 16.6. The Morgan fingerprint density at radius 1 is 1.47 bits per heavy atom. The van der Waals surface area contributed by atoms with E-state index in [1.807, 2.05) is 13.0 Å². The van der Waals surface area contributed by atoms with Crippen LogP contribution in [0.15, 0.2) is 22.8 Å². The number of nitrogens with zero attached hydrogens (tertiary/aromatic N) is 2. The number of hydrogen-bond donors (Lipinski definition) is 2. The molecule has 0 saturated carbocycles. The van der Waals surface area contributed by atoms with Gasteiger partial charge < -0.3 is 10.8 Å². The Balaban J connectivity index is 2.73. The highest BCUT2D eigenvalue weighted by Crippen LogP contribution is 2.30. The summed E-state index contributed by atoms with van der Waals surface area (Å²) in [5, 5.41) is 16.3. The van der Waals surface area contributed by atoms with Crippen molar-refractivity contribution in [2.45, 2.75) is 13.3 Å². The minimum Gasteiger partial charge on any atom is -0.478 e. The molecule has 1 aromatic carbocycles. The molecule has 0 aliphatic carbocycles. The van der Waals surface area contributed by atoms with Crippen molar-refractivity contribution < 1.29 is 14.5 Å². The van der Waals surface area contributed by atoms with Crippen LogP contribution in [0.2, 0.25) is 0 Å². The average molecular weight is 233 g/mol. The Bertz CT molecular complexity index is 563. The maximum Gasteiger partial charge on any atom is 0.336 e. The quantitative estimate of drug-likeness (QED) is 0.834. The predicted molar refractivity (Wildman–Crippen MR) is 60.5 cm³/mol. The molecule has 1 aromatic heterocycles. The van der Waals surface area contributed by atoms with E-state index in [1.54, 1.807) is 6.07 Å². The molecular formula is C11H11N3O3. The molecule has 3 N–H and O–H groups in total. The maximum atomic E-state index is 11.2. The number of aromatic carboxylic acids is 1. The highest BCUT2D eigenvalue weighted by Gasteiger charge is 2.20. The van der Waals surface area contributed by atoms with E-state index in [0.29, 0.717) is 12.0 Å². The summed E-state index contributed by atoms with van der Waals surface area (Å²) in [4.78, 5) is 11.2. The molecule has 17 heavy (non-hydrogen) atoms. The molecule has 2 rings (SSSR count). The standard InChI is InChI=1S/C11H11N3O3/c1-2-6-4-3-5-7(11(15)16)8(6)9-10(12)14-17-13-9/h3-5H,2H2,1H3,(H2,12,14)(H,15,16). The summed E-state index contributed by atoms with van der Waals surface area (Å²) in [6.07, 6.45) is 0.669. The van der Waals surface area contributed by atoms with Gasteiger partial charge in [-0.3, -0.25) is 0 Å². The van der Waals surface area contributed by atoms with E-state index in [1.165, 1.54) is 6.07 Å². The van der Waals surface area contributed by atoms with Gasteiger partial charge in [-0.2, -0.15) is 0 Å². The van der Waals surface area contributed by atoms with Crippen LogP contribution in [-0.4, -0.2) is 21.4 Å². The molecule has 6 heteroatoms. The molecular weight excluding hydrogens is 222 g/mol. The summed E-state index contributed by atoms with van der Waals surface area (Å²) in [6, 6.07) is 5.02. The highest BCUT2D eigenvalue weighted by molar-refractivity contribution is 5.97. The van der Waals surface area contributed by atoms with Crippen LogP contribution in [0.25, 0.3) is 11.3 Å². The number of aromatic nitrogens is 2. The lowest BCUT2D eigenvalue weighted by Crippen LogP contribution is -2.04. The molecule has 0 bridgehead atoms. The number of hydrogen-bond acceptors (Lipinski definition) is 5. The van der Waals surface area contributed by atoms with Gasteiger partial charge in [-0.1, -0.05) is 19.1 Å². The van der Waals surface area contributed by atoms with E-state index in [0.717, 1.165) is 5.56 Å². The zero-order chi connectivity index (χ0) is 12.4. The number of nitrogen functional groups attached to an aromatic ring is 1. The molecule has 1 heterocycles. The Morgan fingerprint density at radius 2 is 2.24 bits per heavy atom. The first-order valence-corrected chi connectivity index (χ1v) is 5.08. The number of aryl methyl sites for hydroxylation is 1. The van der Waals surface area contributed by atoms with Gasteiger partial charge in [-0.25, -0.2) is 9.42 Å². The number of rotatable bonds is 3. The van der Waals surface area contributed by atoms with E-state index >= 15 is 0 Å². The van der Waals surface area contributed by atoms with Crippen molar-refractivity contribution in [2.75, 3.05) is 5.73 Å². The lowest BCUT2D eigenvalue weighted by atomic mass is 9.96. The molecule has 0 fully saturated rings. The van der Waals surface area contributed by atoms with E-state index in [2.05, 4.69) is 14.9 Å². The van der Waals surface area contributed by atoms with Gasteiger partial charge in [-0.15, -0.1) is 0 Å². The first kappa shape index (κ1) is 11.1. The number of carboxylic acid groups (broad SMARTS) is 1. The number of carbonyl (C=O) groups is 1. The monoisotopic (exact) mass is 233 g/mol. The normalized spacial score (nSPS) is 10.4. The second-order valence-electron chi connectivity index (χ2n) is 3.50. The number of benzene rings is 1. The fraction of sp³-hybridized carbons (Fsp3) is 0.182. The van der Waals surface area contributed by atoms with Gasteiger partial charge in [0.15, 0.2) is 11.5 Å². The van der Waals surface area contributed by atoms with Crippen molar-refractivity contribution in [1.82, 2.24) is 10.3 Å². The SMILES string of the molecule is CCc1cccc(C(=O)O)c1-c1nonc1N. The van der Waals surface area contributed by atoms with E-state index in [4.69, 9.17) is 10.8 Å². The summed E-state index contributed by atoms with van der Waals surface area (Å²) in [7, 11) is 0. The Morgan fingerprint density at radius 3 is 2.76 bits per heavy atom. The molecule has 0 amide bonds. The lowest BCUT2D eigenvalue weighted by Gasteiger charge is -2.08. The molecule has 0 aliphatic heterocycles. The van der Waals surface area contributed by atoms with Crippen LogP contribution in [-0.2, 0) is 6.42 Å². The zero-order valence-electron chi connectivity index (χ0n) is 9.17. The van der Waals surface area contributed by atoms with Crippen molar-refractivity contribution in [2.24, 2.45) is 0 Å². The third-order valence-corrected chi connectivity index (χ3v) is 2.51. The van der Waals surface area contributed by atoms with E-state index < -0.39 is 5.97 Å². The molecule has 6 nitrogen and oxygen atoms in total. The molecule has 0 aliphatic rings. The van der Waals surface area contributed by atoms with Crippen LogP contribution in [0.1, 0.15) is 22.8 Å². The molecule has 0 radical (unpaired) electrons. The Hall–Kier alpha value is -2.37. The van der Waals surface area contributed by atoms with Gasteiger partial charge in [0.1, 0.15) is 0 Å². The predicted octanol–water partition coefficient (Wildman–Crippen LogP) is 1.58. The van der Waals surface area contributed by atoms with Crippen molar-refractivity contribution in [3.8, 4) is 11.3 Å². The van der Waals surface area contributed by atoms with Crippen LogP contribution < -0.4 is 5.73 Å². The molecule has 0 saturated heterocycles. The molecule has 0 unspecified atom stereocenters. The van der Waals surface area contributed by atoms with Crippen LogP contribution >= 0.6 is 0 Å². The number of anilines is 1. The van der Waals surface area contributed by atoms with Gasteiger partial charge in [0.25, 0.3) is 0 Å². The van der Waals surface area contributed by atoms with Crippen LogP contribution in [0, 0.1) is 0 Å². The maximum absolute atomic E-state index is 11.2. The largest absolute Gasteiger partial charge is 0.478 e. The van der Waals surface area contributed by atoms with E-state index in [-0.39, 0.29) is 17.1 Å². The molecule has 2 aromatic rings. The van der Waals surface area contributed by atoms with Crippen LogP contribution in [0.5, 0.6) is 0 Å². The summed E-state index contributed by atoms with van der Waals surface area (Å²) in [5.74, 6) is -0.939. The Labute approximate surface area is 97.0 Å². The summed E-state index contributed by atoms with van der Waals surface area (Å²) in [6.45, 7) is 1.92. The van der Waals surface area contributed by atoms with Crippen LogP contribution in [0.4, 0.5) is 5.82 Å². The lowest BCUT2D eigenvalue weighted by molar-refractivity contribution is 0.0697. The second-order valence-corrected chi connectivity index (χ2v) is 3.50. The minimum absolute atomic E-state index is 0.0911. The second kappa shape index (κ2) is 4.25. The number of nitrogens with two attached hydrogens (primary N) is 1. The van der Waals surface area contributed by atoms with Crippen molar-refractivity contribution >= 4 is 11.8 Å². The first-order chi connectivity index (χ1) is 8.15. The third-order valence-electron chi connectivity index (χ3n) is 2.51. The van der Waals surface area contributed by atoms with Crippen molar-refractivity contribution in [3.05, 3.63) is 29.3 Å². The first-order valence-electron chi connectivity index (χ1n) is 5.08. The fourth-order valence-corrected chi connectivity index (χ4v) is 1.72. The van der Waals surface area contributed by atoms with Gasteiger partial charge in [0.2, 0.25) is 0 Å². The van der Waals surface area contributed by atoms with Crippen LogP contribution in [0.3, 0.4) is 0 Å².